The first-order valence-electron chi connectivity index (χ1n) is 3.90. The van der Waals surface area contributed by atoms with Crippen molar-refractivity contribution in [3.05, 3.63) is 11.1 Å². The van der Waals surface area contributed by atoms with Gasteiger partial charge in [0.1, 0.15) is 0 Å². The summed E-state index contributed by atoms with van der Waals surface area (Å²) in [4.78, 5) is 21.9. The zero-order chi connectivity index (χ0) is 9.30. The van der Waals surface area contributed by atoms with Crippen molar-refractivity contribution in [1.29, 1.82) is 0 Å². The molecule has 3 heteroatoms. The summed E-state index contributed by atoms with van der Waals surface area (Å²) in [7, 11) is 0. The van der Waals surface area contributed by atoms with Gasteiger partial charge in [-0.05, 0) is 19.4 Å². The van der Waals surface area contributed by atoms with Gasteiger partial charge in [-0.25, -0.2) is 0 Å². The molecule has 0 aromatic rings. The number of Topliss-reactive ketones (excluding diaryl/α,β-unsaturated/α-hetero) is 1. The number of esters is 1. The van der Waals surface area contributed by atoms with E-state index in [1.165, 1.54) is 6.92 Å². The molecule has 0 aromatic heterocycles. The number of carbonyl (C=O) groups excluding carboxylic acids is 2. The Hall–Kier alpha value is -1.12. The highest BCUT2D eigenvalue weighted by molar-refractivity contribution is 6.02. The van der Waals surface area contributed by atoms with Crippen molar-refractivity contribution in [1.82, 2.24) is 0 Å². The summed E-state index contributed by atoms with van der Waals surface area (Å²) in [5.41, 5.74) is 1.76. The second kappa shape index (κ2) is 3.09. The van der Waals surface area contributed by atoms with Gasteiger partial charge in [-0.1, -0.05) is 5.57 Å². The molecule has 66 valence electrons. The van der Waals surface area contributed by atoms with Gasteiger partial charge < -0.3 is 4.74 Å². The molecule has 0 radical (unpaired) electrons. The van der Waals surface area contributed by atoms with Crippen molar-refractivity contribution in [3.8, 4) is 0 Å². The van der Waals surface area contributed by atoms with Gasteiger partial charge in [0, 0.05) is 13.3 Å². The number of carbonyl (C=O) groups is 2. The summed E-state index contributed by atoms with van der Waals surface area (Å²) in [6.07, 6.45) is 0.00653. The van der Waals surface area contributed by atoms with Crippen LogP contribution in [0.25, 0.3) is 0 Å². The van der Waals surface area contributed by atoms with E-state index in [0.717, 1.165) is 11.1 Å². The minimum absolute atomic E-state index is 0.0531. The molecule has 12 heavy (non-hydrogen) atoms. The van der Waals surface area contributed by atoms with Gasteiger partial charge in [-0.2, -0.15) is 0 Å². The van der Waals surface area contributed by atoms with Crippen LogP contribution in [0.3, 0.4) is 0 Å². The van der Waals surface area contributed by atoms with Gasteiger partial charge in [-0.3, -0.25) is 9.59 Å². The van der Waals surface area contributed by atoms with Crippen LogP contribution < -0.4 is 0 Å². The van der Waals surface area contributed by atoms with E-state index >= 15 is 0 Å². The van der Waals surface area contributed by atoms with Gasteiger partial charge >= 0.3 is 5.97 Å². The zero-order valence-corrected chi connectivity index (χ0v) is 7.51. The standard InChI is InChI=1S/C9H12O3/c1-5-4-8(12-7(3)10)9(11)6(5)2/h8H,4H2,1-3H3. The topological polar surface area (TPSA) is 43.4 Å². The van der Waals surface area contributed by atoms with Crippen LogP contribution in [0.4, 0.5) is 0 Å². The van der Waals surface area contributed by atoms with Gasteiger partial charge in [0.2, 0.25) is 0 Å². The van der Waals surface area contributed by atoms with Crippen LogP contribution in [0.2, 0.25) is 0 Å². The number of hydrogen-bond donors (Lipinski definition) is 0. The molecule has 0 heterocycles. The molecule has 1 aliphatic carbocycles. The van der Waals surface area contributed by atoms with E-state index in [0.29, 0.717) is 6.42 Å². The fourth-order valence-corrected chi connectivity index (χ4v) is 1.27. The second-order valence-electron chi connectivity index (χ2n) is 3.07. The van der Waals surface area contributed by atoms with E-state index in [1.807, 2.05) is 6.92 Å². The van der Waals surface area contributed by atoms with E-state index in [4.69, 9.17) is 4.74 Å². The van der Waals surface area contributed by atoms with Crippen LogP contribution in [0, 0.1) is 0 Å². The van der Waals surface area contributed by atoms with Crippen LogP contribution in [-0.4, -0.2) is 17.9 Å². The zero-order valence-electron chi connectivity index (χ0n) is 7.51. The maximum Gasteiger partial charge on any atom is 0.303 e. The van der Waals surface area contributed by atoms with Crippen LogP contribution in [0.15, 0.2) is 11.1 Å². The largest absolute Gasteiger partial charge is 0.454 e. The molecular weight excluding hydrogens is 156 g/mol. The third kappa shape index (κ3) is 1.55. The van der Waals surface area contributed by atoms with Crippen molar-refractivity contribution in [3.63, 3.8) is 0 Å². The van der Waals surface area contributed by atoms with Crippen LogP contribution in [-0.2, 0) is 14.3 Å². The molecule has 1 aliphatic rings. The highest BCUT2D eigenvalue weighted by Crippen LogP contribution is 2.24. The summed E-state index contributed by atoms with van der Waals surface area (Å²) in [6.45, 7) is 4.97. The molecule has 0 fully saturated rings. The lowest BCUT2D eigenvalue weighted by Crippen LogP contribution is -2.22. The quantitative estimate of drug-likeness (QED) is 0.553. The van der Waals surface area contributed by atoms with Gasteiger partial charge in [-0.15, -0.1) is 0 Å². The van der Waals surface area contributed by atoms with E-state index in [1.54, 1.807) is 6.92 Å². The van der Waals surface area contributed by atoms with Crippen LogP contribution in [0.1, 0.15) is 27.2 Å². The normalized spacial score (nSPS) is 23.2. The van der Waals surface area contributed by atoms with Gasteiger partial charge in [0.15, 0.2) is 11.9 Å². The van der Waals surface area contributed by atoms with Crippen molar-refractivity contribution >= 4 is 11.8 Å². The SMILES string of the molecule is CC(=O)OC1CC(C)=C(C)C1=O. The highest BCUT2D eigenvalue weighted by atomic mass is 16.5. The number of ketones is 1. The van der Waals surface area contributed by atoms with Crippen molar-refractivity contribution < 1.29 is 14.3 Å². The molecule has 0 saturated heterocycles. The molecule has 0 saturated carbocycles. The molecule has 0 bridgehead atoms. The minimum atomic E-state index is -0.553. The smallest absolute Gasteiger partial charge is 0.303 e. The lowest BCUT2D eigenvalue weighted by Gasteiger charge is -2.07. The number of rotatable bonds is 1. The van der Waals surface area contributed by atoms with Gasteiger partial charge in [0.25, 0.3) is 0 Å². The molecular formula is C9H12O3. The Bertz CT molecular complexity index is 263. The lowest BCUT2D eigenvalue weighted by molar-refractivity contribution is -0.150. The molecule has 0 aromatic carbocycles. The Kier molecular flexibility index (Phi) is 2.31. The Balaban J connectivity index is 2.67. The molecule has 1 rings (SSSR count). The lowest BCUT2D eigenvalue weighted by atomic mass is 10.2. The van der Waals surface area contributed by atoms with Crippen molar-refractivity contribution in [2.45, 2.75) is 33.3 Å². The van der Waals surface area contributed by atoms with Crippen molar-refractivity contribution in [2.24, 2.45) is 0 Å². The molecule has 3 nitrogen and oxygen atoms in total. The third-order valence-electron chi connectivity index (χ3n) is 2.10. The molecule has 0 N–H and O–H groups in total. The second-order valence-corrected chi connectivity index (χ2v) is 3.07. The monoisotopic (exact) mass is 168 g/mol. The molecule has 0 amide bonds. The molecule has 1 unspecified atom stereocenters. The predicted octanol–water partition coefficient (Wildman–Crippen LogP) is 1.23. The van der Waals surface area contributed by atoms with E-state index < -0.39 is 12.1 Å². The number of ether oxygens (including phenoxy) is 1. The average Bonchev–Trinajstić information content (AvgIpc) is 2.17. The maximum atomic E-state index is 11.3. The summed E-state index contributed by atoms with van der Waals surface area (Å²) in [5, 5.41) is 0. The summed E-state index contributed by atoms with van der Waals surface area (Å²) in [5.74, 6) is -0.446. The van der Waals surface area contributed by atoms with E-state index in [9.17, 15) is 9.59 Å². The Morgan fingerprint density at radius 2 is 2.08 bits per heavy atom. The average molecular weight is 168 g/mol. The number of hydrogen-bond acceptors (Lipinski definition) is 3. The molecule has 0 aliphatic heterocycles. The Morgan fingerprint density at radius 1 is 1.50 bits per heavy atom. The summed E-state index contributed by atoms with van der Waals surface area (Å²) < 4.78 is 4.83. The van der Waals surface area contributed by atoms with Crippen molar-refractivity contribution in [2.75, 3.05) is 0 Å². The summed E-state index contributed by atoms with van der Waals surface area (Å²) >= 11 is 0. The molecule has 0 spiro atoms. The maximum absolute atomic E-state index is 11.3. The fraction of sp³-hybridized carbons (Fsp3) is 0.556. The Labute approximate surface area is 71.4 Å². The minimum Gasteiger partial charge on any atom is -0.454 e. The van der Waals surface area contributed by atoms with Crippen LogP contribution >= 0.6 is 0 Å². The first-order chi connectivity index (χ1) is 5.52. The third-order valence-corrected chi connectivity index (χ3v) is 2.10. The first kappa shape index (κ1) is 8.97. The predicted molar refractivity (Wildman–Crippen MR) is 43.6 cm³/mol. The first-order valence-corrected chi connectivity index (χ1v) is 3.90. The summed E-state index contributed by atoms with van der Waals surface area (Å²) in [6, 6.07) is 0. The van der Waals surface area contributed by atoms with E-state index in [2.05, 4.69) is 0 Å². The Morgan fingerprint density at radius 3 is 2.42 bits per heavy atom. The fourth-order valence-electron chi connectivity index (χ4n) is 1.27. The molecule has 1 atom stereocenters. The van der Waals surface area contributed by atoms with Crippen LogP contribution in [0.5, 0.6) is 0 Å². The van der Waals surface area contributed by atoms with E-state index in [-0.39, 0.29) is 5.78 Å². The highest BCUT2D eigenvalue weighted by Gasteiger charge is 2.30. The van der Waals surface area contributed by atoms with Gasteiger partial charge in [0.05, 0.1) is 0 Å².